The molecule has 0 amide bonds. The molecular weight excluding hydrogens is 477 g/mol. The SMILES string of the molecule is COc1ccc(N2c3ccc(/C=C4/C(=O)c5ccc(P(=O)(O)O)cc5C4=O)cc3C3CCCC32)cc1. The minimum atomic E-state index is -4.53. The average Bonchev–Trinajstić information content (AvgIpc) is 3.52. The van der Waals surface area contributed by atoms with Gasteiger partial charge in [-0.2, -0.15) is 0 Å². The first-order valence-electron chi connectivity index (χ1n) is 11.8. The van der Waals surface area contributed by atoms with Crippen molar-refractivity contribution in [1.29, 1.82) is 0 Å². The van der Waals surface area contributed by atoms with Crippen LogP contribution in [0.3, 0.4) is 0 Å². The van der Waals surface area contributed by atoms with Crippen LogP contribution in [0.1, 0.15) is 57.0 Å². The van der Waals surface area contributed by atoms with Gasteiger partial charge in [0.1, 0.15) is 5.75 Å². The summed E-state index contributed by atoms with van der Waals surface area (Å²) in [5.74, 6) is 0.247. The van der Waals surface area contributed by atoms with E-state index in [1.807, 2.05) is 24.3 Å². The third kappa shape index (κ3) is 3.54. The first-order valence-corrected chi connectivity index (χ1v) is 13.5. The van der Waals surface area contributed by atoms with Crippen molar-refractivity contribution >= 4 is 41.9 Å². The zero-order chi connectivity index (χ0) is 25.2. The van der Waals surface area contributed by atoms with Gasteiger partial charge in [0, 0.05) is 34.5 Å². The highest BCUT2D eigenvalue weighted by atomic mass is 31.2. The molecule has 0 radical (unpaired) electrons. The molecular formula is C28H24NO6P. The number of anilines is 2. The molecule has 1 saturated carbocycles. The number of Topliss-reactive ketones (excluding diaryl/α,β-unsaturated/α-hetero) is 2. The van der Waals surface area contributed by atoms with Gasteiger partial charge >= 0.3 is 7.60 Å². The molecule has 3 aromatic rings. The molecule has 2 aliphatic carbocycles. The molecule has 3 aliphatic rings. The molecule has 6 rings (SSSR count). The summed E-state index contributed by atoms with van der Waals surface area (Å²) in [6.45, 7) is 0. The van der Waals surface area contributed by atoms with Crippen molar-refractivity contribution in [3.05, 3.63) is 88.5 Å². The summed E-state index contributed by atoms with van der Waals surface area (Å²) in [7, 11) is -2.88. The van der Waals surface area contributed by atoms with E-state index in [2.05, 4.69) is 23.1 Å². The van der Waals surface area contributed by atoms with Crippen LogP contribution in [0.15, 0.2) is 66.2 Å². The Morgan fingerprint density at radius 3 is 2.42 bits per heavy atom. The first-order chi connectivity index (χ1) is 17.3. The third-order valence-electron chi connectivity index (χ3n) is 7.50. The molecule has 0 bridgehead atoms. The molecule has 2 unspecified atom stereocenters. The second-order valence-electron chi connectivity index (χ2n) is 9.48. The number of hydrogen-bond donors (Lipinski definition) is 2. The van der Waals surface area contributed by atoms with E-state index in [1.54, 1.807) is 13.2 Å². The molecule has 2 N–H and O–H groups in total. The highest BCUT2D eigenvalue weighted by molar-refractivity contribution is 7.60. The molecule has 3 aromatic carbocycles. The molecule has 0 aromatic heterocycles. The number of carbonyl (C=O) groups excluding carboxylic acids is 2. The number of hydrogen-bond acceptors (Lipinski definition) is 5. The van der Waals surface area contributed by atoms with Crippen molar-refractivity contribution in [1.82, 2.24) is 0 Å². The van der Waals surface area contributed by atoms with E-state index in [-0.39, 0.29) is 22.0 Å². The molecule has 1 aliphatic heterocycles. The summed E-state index contributed by atoms with van der Waals surface area (Å²) >= 11 is 0. The summed E-state index contributed by atoms with van der Waals surface area (Å²) < 4.78 is 16.9. The van der Waals surface area contributed by atoms with E-state index in [4.69, 9.17) is 4.74 Å². The monoisotopic (exact) mass is 501 g/mol. The predicted molar refractivity (Wildman–Crippen MR) is 137 cm³/mol. The molecule has 8 heteroatoms. The van der Waals surface area contributed by atoms with Gasteiger partial charge in [-0.15, -0.1) is 0 Å². The third-order valence-corrected chi connectivity index (χ3v) is 8.45. The van der Waals surface area contributed by atoms with Crippen molar-refractivity contribution in [3.63, 3.8) is 0 Å². The maximum Gasteiger partial charge on any atom is 0.356 e. The highest BCUT2D eigenvalue weighted by Gasteiger charge is 2.42. The molecule has 182 valence electrons. The molecule has 7 nitrogen and oxygen atoms in total. The van der Waals surface area contributed by atoms with Gasteiger partial charge in [0.25, 0.3) is 0 Å². The summed E-state index contributed by atoms with van der Waals surface area (Å²) in [4.78, 5) is 47.3. The van der Waals surface area contributed by atoms with Gasteiger partial charge in [-0.25, -0.2) is 0 Å². The van der Waals surface area contributed by atoms with Crippen molar-refractivity contribution in [2.75, 3.05) is 12.0 Å². The van der Waals surface area contributed by atoms with Crippen molar-refractivity contribution in [3.8, 4) is 5.75 Å². The Morgan fingerprint density at radius 2 is 1.69 bits per heavy atom. The Labute approximate surface area is 208 Å². The summed E-state index contributed by atoms with van der Waals surface area (Å²) in [6, 6.07) is 18.1. The maximum absolute atomic E-state index is 13.0. The number of benzene rings is 3. The van der Waals surface area contributed by atoms with Crippen LogP contribution in [0.4, 0.5) is 11.4 Å². The summed E-state index contributed by atoms with van der Waals surface area (Å²) in [6.07, 6.45) is 4.91. The minimum absolute atomic E-state index is 0.0146. The standard InChI is InChI=1S/C28H24NO6P/c1-35-18-8-6-17(7-9-18)29-25-4-2-3-20(25)22-13-16(5-12-26(22)29)14-24-27(30)21-11-10-19(36(32,33)34)15-23(21)28(24)31/h5-15,20,25H,2-4H2,1H3,(H2,32,33,34)/b24-14-. The lowest BCUT2D eigenvalue weighted by molar-refractivity contribution is 0.0990. The fourth-order valence-corrected chi connectivity index (χ4v) is 6.40. The van der Waals surface area contributed by atoms with Gasteiger partial charge in [0.15, 0.2) is 11.6 Å². The molecule has 0 spiro atoms. The van der Waals surface area contributed by atoms with Gasteiger partial charge < -0.3 is 19.4 Å². The van der Waals surface area contributed by atoms with Gasteiger partial charge in [0.05, 0.1) is 18.0 Å². The number of fused-ring (bicyclic) bond motifs is 4. The topological polar surface area (TPSA) is 104 Å². The quantitative estimate of drug-likeness (QED) is 0.302. The number of methoxy groups -OCH3 is 1. The van der Waals surface area contributed by atoms with E-state index in [0.717, 1.165) is 48.0 Å². The second kappa shape index (κ2) is 8.27. The second-order valence-corrected chi connectivity index (χ2v) is 11.1. The molecule has 1 fully saturated rings. The van der Waals surface area contributed by atoms with Crippen LogP contribution in [0, 0.1) is 0 Å². The summed E-state index contributed by atoms with van der Waals surface area (Å²) in [5, 5.41) is -0.271. The Morgan fingerprint density at radius 1 is 0.944 bits per heavy atom. The van der Waals surface area contributed by atoms with Crippen LogP contribution in [0.25, 0.3) is 6.08 Å². The van der Waals surface area contributed by atoms with Crippen LogP contribution < -0.4 is 14.9 Å². The fourth-order valence-electron chi connectivity index (χ4n) is 5.83. The van der Waals surface area contributed by atoms with Crippen molar-refractivity contribution in [2.24, 2.45) is 0 Å². The fraction of sp³-hybridized carbons (Fsp3) is 0.214. The summed E-state index contributed by atoms with van der Waals surface area (Å²) in [5.41, 5.74) is 4.44. The zero-order valence-electron chi connectivity index (χ0n) is 19.5. The molecule has 2 atom stereocenters. The number of ether oxygens (including phenoxy) is 1. The lowest BCUT2D eigenvalue weighted by atomic mass is 9.95. The molecule has 0 saturated heterocycles. The number of nitrogens with zero attached hydrogens (tertiary/aromatic N) is 1. The Bertz CT molecular complexity index is 1500. The Balaban J connectivity index is 1.37. The van der Waals surface area contributed by atoms with E-state index < -0.39 is 19.2 Å². The number of carbonyl (C=O) groups is 2. The molecule has 36 heavy (non-hydrogen) atoms. The predicted octanol–water partition coefficient (Wildman–Crippen LogP) is 4.75. The first kappa shape index (κ1) is 22.9. The van der Waals surface area contributed by atoms with Crippen LogP contribution in [-0.4, -0.2) is 34.5 Å². The van der Waals surface area contributed by atoms with E-state index in [9.17, 15) is 23.9 Å². The number of ketones is 2. The molecule has 1 heterocycles. The zero-order valence-corrected chi connectivity index (χ0v) is 20.4. The van der Waals surface area contributed by atoms with E-state index >= 15 is 0 Å². The van der Waals surface area contributed by atoms with Crippen LogP contribution in [0.2, 0.25) is 0 Å². The van der Waals surface area contributed by atoms with Gasteiger partial charge in [-0.1, -0.05) is 12.5 Å². The van der Waals surface area contributed by atoms with Crippen LogP contribution in [0.5, 0.6) is 5.75 Å². The van der Waals surface area contributed by atoms with Gasteiger partial charge in [0.2, 0.25) is 0 Å². The smallest absolute Gasteiger partial charge is 0.356 e. The lowest BCUT2D eigenvalue weighted by Gasteiger charge is -2.27. The average molecular weight is 501 g/mol. The van der Waals surface area contributed by atoms with Crippen LogP contribution in [-0.2, 0) is 4.57 Å². The van der Waals surface area contributed by atoms with Gasteiger partial charge in [-0.3, -0.25) is 14.2 Å². The number of rotatable bonds is 4. The highest BCUT2D eigenvalue weighted by Crippen LogP contribution is 2.52. The van der Waals surface area contributed by atoms with Crippen LogP contribution >= 0.6 is 7.60 Å². The Kier molecular flexibility index (Phi) is 5.27. The normalized spacial score (nSPS) is 21.6. The lowest BCUT2D eigenvalue weighted by Crippen LogP contribution is -2.26. The van der Waals surface area contributed by atoms with E-state index in [1.165, 1.54) is 17.7 Å². The van der Waals surface area contributed by atoms with Crippen molar-refractivity contribution in [2.45, 2.75) is 31.2 Å². The maximum atomic E-state index is 13.0. The van der Waals surface area contributed by atoms with Gasteiger partial charge in [-0.05, 0) is 84.6 Å². The Hall–Kier alpha value is -3.51. The van der Waals surface area contributed by atoms with E-state index in [0.29, 0.717) is 12.0 Å². The van der Waals surface area contributed by atoms with Crippen molar-refractivity contribution < 1.29 is 28.7 Å². The largest absolute Gasteiger partial charge is 0.497 e. The number of allylic oxidation sites excluding steroid dienone is 1. The minimum Gasteiger partial charge on any atom is -0.497 e.